The Labute approximate surface area is 101 Å². The van der Waals surface area contributed by atoms with Gasteiger partial charge in [-0.25, -0.2) is 4.79 Å². The Balaban J connectivity index is 2.55. The van der Waals surface area contributed by atoms with Gasteiger partial charge in [0.2, 0.25) is 0 Å². The number of hydrogen-bond acceptors (Lipinski definition) is 3. The fourth-order valence-corrected chi connectivity index (χ4v) is 1.52. The Hall–Kier alpha value is -1.84. The zero-order valence-electron chi connectivity index (χ0n) is 10.2. The van der Waals surface area contributed by atoms with E-state index < -0.39 is 11.9 Å². The maximum Gasteiger partial charge on any atom is 0.396 e. The first-order valence-corrected chi connectivity index (χ1v) is 5.70. The van der Waals surface area contributed by atoms with E-state index in [0.717, 1.165) is 17.5 Å². The average Bonchev–Trinajstić information content (AvgIpc) is 2.36. The van der Waals surface area contributed by atoms with Gasteiger partial charge in [-0.1, -0.05) is 31.2 Å². The molecule has 0 aromatic heterocycles. The molecule has 4 heteroatoms. The summed E-state index contributed by atoms with van der Waals surface area (Å²) in [6, 6.07) is 7.80. The highest BCUT2D eigenvalue weighted by atomic mass is 16.5. The monoisotopic (exact) mass is 235 g/mol. The van der Waals surface area contributed by atoms with E-state index in [0.29, 0.717) is 6.54 Å². The van der Waals surface area contributed by atoms with Crippen molar-refractivity contribution in [2.24, 2.45) is 0 Å². The van der Waals surface area contributed by atoms with Gasteiger partial charge in [0.15, 0.2) is 0 Å². The Bertz CT molecular complexity index is 401. The lowest BCUT2D eigenvalue weighted by Crippen LogP contribution is -2.32. The van der Waals surface area contributed by atoms with Crippen molar-refractivity contribution in [1.29, 1.82) is 0 Å². The molecule has 1 N–H and O–H groups in total. The molecule has 0 heterocycles. The predicted octanol–water partition coefficient (Wildman–Crippen LogP) is 1.43. The Morgan fingerprint density at radius 1 is 1.18 bits per heavy atom. The SMILES string of the molecule is CCOC(=O)C(=O)NCc1ccccc1CC. The van der Waals surface area contributed by atoms with Crippen molar-refractivity contribution in [2.75, 3.05) is 6.61 Å². The fourth-order valence-electron chi connectivity index (χ4n) is 1.52. The molecule has 0 radical (unpaired) electrons. The molecular weight excluding hydrogens is 218 g/mol. The van der Waals surface area contributed by atoms with E-state index in [1.54, 1.807) is 6.92 Å². The number of carbonyl (C=O) groups excluding carboxylic acids is 2. The molecule has 0 aliphatic rings. The molecule has 0 atom stereocenters. The van der Waals surface area contributed by atoms with E-state index in [4.69, 9.17) is 0 Å². The summed E-state index contributed by atoms with van der Waals surface area (Å²) in [5, 5.41) is 2.54. The van der Waals surface area contributed by atoms with Crippen LogP contribution < -0.4 is 5.32 Å². The molecule has 0 aliphatic carbocycles. The first-order valence-electron chi connectivity index (χ1n) is 5.70. The van der Waals surface area contributed by atoms with Crippen LogP contribution in [0.2, 0.25) is 0 Å². The Morgan fingerprint density at radius 2 is 1.82 bits per heavy atom. The van der Waals surface area contributed by atoms with Gasteiger partial charge in [-0.05, 0) is 24.5 Å². The van der Waals surface area contributed by atoms with Crippen LogP contribution in [0, 0.1) is 0 Å². The van der Waals surface area contributed by atoms with Gasteiger partial charge in [0.05, 0.1) is 6.61 Å². The summed E-state index contributed by atoms with van der Waals surface area (Å²) >= 11 is 0. The van der Waals surface area contributed by atoms with Gasteiger partial charge in [-0.3, -0.25) is 4.79 Å². The van der Waals surface area contributed by atoms with Gasteiger partial charge in [0, 0.05) is 6.54 Å². The van der Waals surface area contributed by atoms with Crippen molar-refractivity contribution < 1.29 is 14.3 Å². The number of amides is 1. The lowest BCUT2D eigenvalue weighted by atomic mass is 10.1. The second kappa shape index (κ2) is 6.68. The minimum Gasteiger partial charge on any atom is -0.459 e. The van der Waals surface area contributed by atoms with Crippen molar-refractivity contribution in [2.45, 2.75) is 26.8 Å². The van der Waals surface area contributed by atoms with Crippen LogP contribution in [0.4, 0.5) is 0 Å². The highest BCUT2D eigenvalue weighted by Crippen LogP contribution is 2.08. The smallest absolute Gasteiger partial charge is 0.396 e. The van der Waals surface area contributed by atoms with E-state index >= 15 is 0 Å². The number of carbonyl (C=O) groups is 2. The van der Waals surface area contributed by atoms with Gasteiger partial charge in [-0.2, -0.15) is 0 Å². The van der Waals surface area contributed by atoms with Crippen LogP contribution in [0.5, 0.6) is 0 Å². The number of aryl methyl sites for hydroxylation is 1. The zero-order chi connectivity index (χ0) is 12.7. The second-order valence-corrected chi connectivity index (χ2v) is 3.53. The van der Waals surface area contributed by atoms with Crippen LogP contribution in [0.15, 0.2) is 24.3 Å². The fraction of sp³-hybridized carbons (Fsp3) is 0.385. The number of benzene rings is 1. The molecule has 4 nitrogen and oxygen atoms in total. The van der Waals surface area contributed by atoms with Crippen molar-refractivity contribution in [3.8, 4) is 0 Å². The molecule has 17 heavy (non-hydrogen) atoms. The molecule has 0 bridgehead atoms. The summed E-state index contributed by atoms with van der Waals surface area (Å²) in [6.07, 6.45) is 0.894. The lowest BCUT2D eigenvalue weighted by molar-refractivity contribution is -0.154. The van der Waals surface area contributed by atoms with Crippen molar-refractivity contribution >= 4 is 11.9 Å². The normalized spacial score (nSPS) is 9.76. The molecule has 1 aromatic rings. The predicted molar refractivity (Wildman–Crippen MR) is 64.3 cm³/mol. The molecule has 0 saturated carbocycles. The van der Waals surface area contributed by atoms with E-state index in [2.05, 4.69) is 10.1 Å². The topological polar surface area (TPSA) is 55.4 Å². The Morgan fingerprint density at radius 3 is 2.41 bits per heavy atom. The second-order valence-electron chi connectivity index (χ2n) is 3.53. The quantitative estimate of drug-likeness (QED) is 0.634. The third-order valence-electron chi connectivity index (χ3n) is 2.40. The lowest BCUT2D eigenvalue weighted by Gasteiger charge is -2.08. The third kappa shape index (κ3) is 3.90. The maximum absolute atomic E-state index is 11.3. The zero-order valence-corrected chi connectivity index (χ0v) is 10.2. The highest BCUT2D eigenvalue weighted by molar-refractivity contribution is 6.32. The summed E-state index contributed by atoms with van der Waals surface area (Å²) < 4.78 is 4.60. The molecule has 1 amide bonds. The van der Waals surface area contributed by atoms with E-state index in [1.807, 2.05) is 31.2 Å². The maximum atomic E-state index is 11.3. The third-order valence-corrected chi connectivity index (χ3v) is 2.40. The van der Waals surface area contributed by atoms with Crippen molar-refractivity contribution in [3.63, 3.8) is 0 Å². The number of rotatable bonds is 4. The van der Waals surface area contributed by atoms with Crippen LogP contribution in [0.25, 0.3) is 0 Å². The van der Waals surface area contributed by atoms with Crippen LogP contribution in [0.1, 0.15) is 25.0 Å². The molecule has 0 saturated heterocycles. The van der Waals surface area contributed by atoms with Gasteiger partial charge in [0.1, 0.15) is 0 Å². The standard InChI is InChI=1S/C13H17NO3/c1-3-10-7-5-6-8-11(10)9-14-12(15)13(16)17-4-2/h5-8H,3-4,9H2,1-2H3,(H,14,15). The Kier molecular flexibility index (Phi) is 5.20. The van der Waals surface area contributed by atoms with Gasteiger partial charge < -0.3 is 10.1 Å². The van der Waals surface area contributed by atoms with Crippen LogP contribution in [-0.2, 0) is 27.3 Å². The first kappa shape index (κ1) is 13.2. The van der Waals surface area contributed by atoms with E-state index in [-0.39, 0.29) is 6.61 Å². The highest BCUT2D eigenvalue weighted by Gasteiger charge is 2.14. The van der Waals surface area contributed by atoms with Crippen LogP contribution >= 0.6 is 0 Å². The minimum atomic E-state index is -0.832. The number of ether oxygens (including phenoxy) is 1. The number of nitrogens with one attached hydrogen (secondary N) is 1. The van der Waals surface area contributed by atoms with Crippen LogP contribution in [0.3, 0.4) is 0 Å². The molecule has 1 aromatic carbocycles. The largest absolute Gasteiger partial charge is 0.459 e. The van der Waals surface area contributed by atoms with Crippen molar-refractivity contribution in [1.82, 2.24) is 5.32 Å². The molecule has 92 valence electrons. The van der Waals surface area contributed by atoms with E-state index in [1.165, 1.54) is 0 Å². The average molecular weight is 235 g/mol. The summed E-state index contributed by atoms with van der Waals surface area (Å²) in [6.45, 7) is 4.27. The summed E-state index contributed by atoms with van der Waals surface area (Å²) in [7, 11) is 0. The van der Waals surface area contributed by atoms with Crippen molar-refractivity contribution in [3.05, 3.63) is 35.4 Å². The summed E-state index contributed by atoms with van der Waals surface area (Å²) in [5.74, 6) is -1.53. The molecule has 0 fully saturated rings. The number of hydrogen-bond donors (Lipinski definition) is 1. The van der Waals surface area contributed by atoms with Gasteiger partial charge in [-0.15, -0.1) is 0 Å². The van der Waals surface area contributed by atoms with Gasteiger partial charge in [0.25, 0.3) is 0 Å². The van der Waals surface area contributed by atoms with Crippen LogP contribution in [-0.4, -0.2) is 18.5 Å². The minimum absolute atomic E-state index is 0.206. The molecule has 0 spiro atoms. The van der Waals surface area contributed by atoms with Gasteiger partial charge >= 0.3 is 11.9 Å². The molecule has 1 rings (SSSR count). The first-order chi connectivity index (χ1) is 8.19. The molecule has 0 aliphatic heterocycles. The summed E-state index contributed by atoms with van der Waals surface area (Å²) in [5.41, 5.74) is 2.18. The molecular formula is C13H17NO3. The number of esters is 1. The van der Waals surface area contributed by atoms with E-state index in [9.17, 15) is 9.59 Å². The molecule has 0 unspecified atom stereocenters. The summed E-state index contributed by atoms with van der Waals surface area (Å²) in [4.78, 5) is 22.4.